The number of aromatic amines is 1. The number of carbonyl (C=O) groups is 2. The lowest BCUT2D eigenvalue weighted by atomic mass is 9.96. The zero-order valence-electron chi connectivity index (χ0n) is 15.8. The van der Waals surface area contributed by atoms with E-state index in [9.17, 15) is 9.59 Å². The van der Waals surface area contributed by atoms with Gasteiger partial charge >= 0.3 is 5.97 Å². The van der Waals surface area contributed by atoms with Crippen molar-refractivity contribution in [1.82, 2.24) is 9.88 Å². The Hall–Kier alpha value is -1.70. The predicted molar refractivity (Wildman–Crippen MR) is 95.4 cm³/mol. The van der Waals surface area contributed by atoms with Gasteiger partial charge in [0.2, 0.25) is 0 Å². The smallest absolute Gasteiger partial charge is 0.340 e. The van der Waals surface area contributed by atoms with E-state index in [1.54, 1.807) is 20.8 Å². The first-order chi connectivity index (χ1) is 12.5. The van der Waals surface area contributed by atoms with E-state index in [1.165, 1.54) is 0 Å². The summed E-state index contributed by atoms with van der Waals surface area (Å²) < 4.78 is 16.3. The highest BCUT2D eigenvalue weighted by Crippen LogP contribution is 2.26. The Morgan fingerprint density at radius 3 is 2.46 bits per heavy atom. The van der Waals surface area contributed by atoms with Crippen LogP contribution in [-0.4, -0.2) is 67.4 Å². The third kappa shape index (κ3) is 4.00. The summed E-state index contributed by atoms with van der Waals surface area (Å²) in [6, 6.07) is 0. The minimum absolute atomic E-state index is 0.00737. The first-order valence-electron chi connectivity index (χ1n) is 9.36. The number of piperidine rings is 1. The van der Waals surface area contributed by atoms with Crippen LogP contribution in [0.25, 0.3) is 0 Å². The predicted octanol–water partition coefficient (Wildman–Crippen LogP) is 2.08. The first-order valence-corrected chi connectivity index (χ1v) is 9.36. The number of hydrogen-bond donors (Lipinski definition) is 1. The molecule has 3 heterocycles. The molecule has 2 fully saturated rings. The largest absolute Gasteiger partial charge is 0.462 e. The van der Waals surface area contributed by atoms with Gasteiger partial charge in [-0.3, -0.25) is 9.69 Å². The molecule has 0 atom stereocenters. The van der Waals surface area contributed by atoms with E-state index in [4.69, 9.17) is 14.2 Å². The molecule has 0 aliphatic carbocycles. The molecule has 0 bridgehead atoms. The molecule has 2 aliphatic heterocycles. The van der Waals surface area contributed by atoms with Gasteiger partial charge in [-0.25, -0.2) is 4.79 Å². The lowest BCUT2D eigenvalue weighted by Crippen LogP contribution is -2.40. The van der Waals surface area contributed by atoms with Crippen molar-refractivity contribution in [2.75, 3.05) is 39.5 Å². The van der Waals surface area contributed by atoms with Crippen molar-refractivity contribution in [3.05, 3.63) is 22.5 Å². The molecular weight excluding hydrogens is 336 g/mol. The number of carbonyl (C=O) groups excluding carboxylic acids is 2. The van der Waals surface area contributed by atoms with E-state index in [-0.39, 0.29) is 18.0 Å². The van der Waals surface area contributed by atoms with Crippen LogP contribution < -0.4 is 0 Å². The minimum Gasteiger partial charge on any atom is -0.462 e. The second kappa shape index (κ2) is 8.33. The quantitative estimate of drug-likeness (QED) is 0.615. The van der Waals surface area contributed by atoms with Crippen LogP contribution in [0.5, 0.6) is 0 Å². The molecule has 144 valence electrons. The maximum Gasteiger partial charge on any atom is 0.340 e. The van der Waals surface area contributed by atoms with Gasteiger partial charge < -0.3 is 19.2 Å². The molecule has 0 saturated carbocycles. The van der Waals surface area contributed by atoms with Gasteiger partial charge in [0, 0.05) is 11.6 Å². The van der Waals surface area contributed by atoms with E-state index >= 15 is 0 Å². The van der Waals surface area contributed by atoms with Gasteiger partial charge in [0.15, 0.2) is 12.1 Å². The summed E-state index contributed by atoms with van der Waals surface area (Å²) in [6.45, 7) is 9.08. The highest BCUT2D eigenvalue weighted by molar-refractivity contribution is 6.02. The summed E-state index contributed by atoms with van der Waals surface area (Å²) in [5, 5.41) is 0. The standard InChI is InChI=1S/C19H28N2O5/c1-4-24-18(23)16-12(2)17(20-13(16)3)15(22)11-21-7-5-14(6-8-21)19-25-9-10-26-19/h14,19-20H,4-11H2,1-3H3. The van der Waals surface area contributed by atoms with Crippen LogP contribution in [0.2, 0.25) is 0 Å². The zero-order chi connectivity index (χ0) is 18.7. The minimum atomic E-state index is -0.379. The number of nitrogens with one attached hydrogen (secondary N) is 1. The van der Waals surface area contributed by atoms with E-state index < -0.39 is 0 Å². The number of hydrogen-bond acceptors (Lipinski definition) is 6. The van der Waals surface area contributed by atoms with Crippen LogP contribution in [0.3, 0.4) is 0 Å². The number of ketones is 1. The average Bonchev–Trinajstić information content (AvgIpc) is 3.24. The fraction of sp³-hybridized carbons (Fsp3) is 0.684. The summed E-state index contributed by atoms with van der Waals surface area (Å²) >= 11 is 0. The Morgan fingerprint density at radius 1 is 1.19 bits per heavy atom. The van der Waals surface area contributed by atoms with Crippen molar-refractivity contribution >= 4 is 11.8 Å². The monoisotopic (exact) mass is 364 g/mol. The maximum absolute atomic E-state index is 12.7. The second-order valence-electron chi connectivity index (χ2n) is 6.99. The van der Waals surface area contributed by atoms with Crippen LogP contribution in [0, 0.1) is 19.8 Å². The van der Waals surface area contributed by atoms with E-state index in [1.807, 2.05) is 0 Å². The molecule has 1 aromatic heterocycles. The summed E-state index contributed by atoms with van der Waals surface area (Å²) in [5.41, 5.74) is 2.34. The summed E-state index contributed by atoms with van der Waals surface area (Å²) in [5.74, 6) is 0.0388. The first kappa shape index (κ1) is 19.1. The average molecular weight is 364 g/mol. The van der Waals surface area contributed by atoms with Crippen LogP contribution >= 0.6 is 0 Å². The van der Waals surface area contributed by atoms with Crippen molar-refractivity contribution in [1.29, 1.82) is 0 Å². The molecule has 1 aromatic rings. The van der Waals surface area contributed by atoms with Crippen molar-refractivity contribution < 1.29 is 23.8 Å². The number of aryl methyl sites for hydroxylation is 1. The van der Waals surface area contributed by atoms with Gasteiger partial charge in [-0.1, -0.05) is 0 Å². The summed E-state index contributed by atoms with van der Waals surface area (Å²) in [7, 11) is 0. The van der Waals surface area contributed by atoms with Crippen molar-refractivity contribution in [2.45, 2.75) is 39.9 Å². The Kier molecular flexibility index (Phi) is 6.11. The van der Waals surface area contributed by atoms with Crippen LogP contribution in [0.4, 0.5) is 0 Å². The van der Waals surface area contributed by atoms with Gasteiger partial charge in [0.05, 0.1) is 37.6 Å². The molecule has 0 radical (unpaired) electrons. The third-order valence-electron chi connectivity index (χ3n) is 5.23. The Balaban J connectivity index is 1.59. The molecule has 3 rings (SSSR count). The Bertz CT molecular complexity index is 655. The van der Waals surface area contributed by atoms with Crippen molar-refractivity contribution in [3.63, 3.8) is 0 Å². The molecule has 7 nitrogen and oxygen atoms in total. The maximum atomic E-state index is 12.7. The van der Waals surface area contributed by atoms with Crippen LogP contribution in [-0.2, 0) is 14.2 Å². The lowest BCUT2D eigenvalue weighted by molar-refractivity contribution is -0.0968. The molecule has 0 spiro atoms. The second-order valence-corrected chi connectivity index (χ2v) is 6.99. The van der Waals surface area contributed by atoms with Gasteiger partial charge in [-0.15, -0.1) is 0 Å². The summed E-state index contributed by atoms with van der Waals surface area (Å²) in [6.07, 6.45) is 1.86. The van der Waals surface area contributed by atoms with Gasteiger partial charge in [-0.05, 0) is 52.3 Å². The van der Waals surface area contributed by atoms with Crippen molar-refractivity contribution in [2.24, 2.45) is 5.92 Å². The number of likely N-dealkylation sites (tertiary alicyclic amines) is 1. The fourth-order valence-corrected chi connectivity index (χ4v) is 3.85. The number of aromatic nitrogens is 1. The van der Waals surface area contributed by atoms with Gasteiger partial charge in [0.25, 0.3) is 0 Å². The number of H-pyrrole nitrogens is 1. The normalized spacial score (nSPS) is 19.8. The van der Waals surface area contributed by atoms with Crippen molar-refractivity contribution in [3.8, 4) is 0 Å². The molecule has 0 aromatic carbocycles. The number of rotatable bonds is 6. The van der Waals surface area contributed by atoms with Gasteiger partial charge in [-0.2, -0.15) is 0 Å². The molecular formula is C19H28N2O5. The molecule has 1 N–H and O–H groups in total. The van der Waals surface area contributed by atoms with E-state index in [0.29, 0.717) is 54.8 Å². The highest BCUT2D eigenvalue weighted by Gasteiger charge is 2.31. The Morgan fingerprint density at radius 2 is 1.85 bits per heavy atom. The number of esters is 1. The molecule has 0 amide bonds. The lowest BCUT2D eigenvalue weighted by Gasteiger charge is -2.33. The number of nitrogens with zero attached hydrogens (tertiary/aromatic N) is 1. The van der Waals surface area contributed by atoms with Crippen LogP contribution in [0.15, 0.2) is 0 Å². The number of ether oxygens (including phenoxy) is 3. The zero-order valence-corrected chi connectivity index (χ0v) is 15.8. The molecule has 7 heteroatoms. The molecule has 0 unspecified atom stereocenters. The molecule has 2 saturated heterocycles. The van der Waals surface area contributed by atoms with Gasteiger partial charge in [0.1, 0.15) is 0 Å². The highest BCUT2D eigenvalue weighted by atomic mass is 16.7. The number of Topliss-reactive ketones (excluding diaryl/α,β-unsaturated/α-hetero) is 1. The SMILES string of the molecule is CCOC(=O)c1c(C)[nH]c(C(=O)CN2CCC(C3OCCO3)CC2)c1C. The van der Waals surface area contributed by atoms with Crippen LogP contribution in [0.1, 0.15) is 51.9 Å². The third-order valence-corrected chi connectivity index (χ3v) is 5.23. The topological polar surface area (TPSA) is 80.9 Å². The summed E-state index contributed by atoms with van der Waals surface area (Å²) in [4.78, 5) is 30.1. The molecule has 26 heavy (non-hydrogen) atoms. The fourth-order valence-electron chi connectivity index (χ4n) is 3.85. The van der Waals surface area contributed by atoms with E-state index in [2.05, 4.69) is 9.88 Å². The molecule has 2 aliphatic rings. The van der Waals surface area contributed by atoms with E-state index in [0.717, 1.165) is 25.9 Å². The Labute approximate surface area is 154 Å².